The van der Waals surface area contributed by atoms with Gasteiger partial charge in [-0.2, -0.15) is 0 Å². The lowest BCUT2D eigenvalue weighted by Crippen LogP contribution is -2.39. The summed E-state index contributed by atoms with van der Waals surface area (Å²) < 4.78 is 33.0. The molecular weight excluding hydrogens is 723 g/mol. The van der Waals surface area contributed by atoms with Crippen LogP contribution in [0, 0.1) is 0 Å². The molecule has 0 aliphatic carbocycles. The van der Waals surface area contributed by atoms with E-state index in [0.717, 1.165) is 16.7 Å². The zero-order valence-corrected chi connectivity index (χ0v) is 31.2. The van der Waals surface area contributed by atoms with E-state index in [9.17, 15) is 9.59 Å². The maximum atomic E-state index is 13.6. The minimum Gasteiger partial charge on any atom is -0.497 e. The van der Waals surface area contributed by atoms with Crippen LogP contribution in [0.1, 0.15) is 50.1 Å². The molecule has 1 amide bonds. The molecule has 12 nitrogen and oxygen atoms in total. The Labute approximate surface area is 329 Å². The number of carbonyl (C=O) groups excluding carboxylic acids is 2. The molecule has 8 rings (SSSR count). The summed E-state index contributed by atoms with van der Waals surface area (Å²) >= 11 is 0. The van der Waals surface area contributed by atoms with Crippen LogP contribution in [-0.4, -0.2) is 64.4 Å². The number of rotatable bonds is 13. The number of nitrogens with one attached hydrogen (secondary N) is 1. The first kappa shape index (κ1) is 37.1. The van der Waals surface area contributed by atoms with Crippen molar-refractivity contribution in [2.75, 3.05) is 26.1 Å². The molecule has 3 heterocycles. The van der Waals surface area contributed by atoms with E-state index in [1.807, 2.05) is 91.0 Å². The average molecular weight is 762 g/mol. The van der Waals surface area contributed by atoms with Crippen LogP contribution in [0.5, 0.6) is 11.5 Å². The SMILES string of the molecule is COc1ccc(C(OC[C@H]2O[C@@H](n3cnc4c(NC(=O)c5ccccc5)ncnc43)CC2OC(=O)c2ccccc2)(c2ccccc2)c2ccc(OC)cc2)cc1. The minimum atomic E-state index is -1.14. The molecule has 1 aliphatic rings. The van der Waals surface area contributed by atoms with E-state index in [1.165, 1.54) is 6.33 Å². The molecule has 1 fully saturated rings. The Morgan fingerprint density at radius 1 is 0.719 bits per heavy atom. The molecule has 0 radical (unpaired) electrons. The molecule has 3 atom stereocenters. The monoisotopic (exact) mass is 761 g/mol. The second-order valence-electron chi connectivity index (χ2n) is 13.4. The number of amides is 1. The number of hydrogen-bond acceptors (Lipinski definition) is 10. The molecule has 0 saturated carbocycles. The molecule has 57 heavy (non-hydrogen) atoms. The largest absolute Gasteiger partial charge is 0.497 e. The normalized spacial score (nSPS) is 16.6. The fraction of sp³-hybridized carbons (Fsp3) is 0.178. The predicted octanol–water partition coefficient (Wildman–Crippen LogP) is 7.62. The highest BCUT2D eigenvalue weighted by Crippen LogP contribution is 2.43. The lowest BCUT2D eigenvalue weighted by atomic mass is 9.80. The van der Waals surface area contributed by atoms with Gasteiger partial charge in [0.05, 0.1) is 32.7 Å². The molecule has 286 valence electrons. The Morgan fingerprint density at radius 3 is 1.88 bits per heavy atom. The van der Waals surface area contributed by atoms with Gasteiger partial charge in [-0.1, -0.05) is 91.0 Å². The number of fused-ring (bicyclic) bond motifs is 1. The van der Waals surface area contributed by atoms with Crippen molar-refractivity contribution in [3.8, 4) is 11.5 Å². The molecule has 12 heteroatoms. The van der Waals surface area contributed by atoms with E-state index in [2.05, 4.69) is 20.3 Å². The van der Waals surface area contributed by atoms with E-state index in [0.29, 0.717) is 33.8 Å². The van der Waals surface area contributed by atoms with Crippen molar-refractivity contribution >= 4 is 28.9 Å². The van der Waals surface area contributed by atoms with Crippen molar-refractivity contribution in [3.63, 3.8) is 0 Å². The lowest BCUT2D eigenvalue weighted by Gasteiger charge is -2.37. The van der Waals surface area contributed by atoms with Gasteiger partial charge < -0.3 is 29.0 Å². The molecule has 1 N–H and O–H groups in total. The summed E-state index contributed by atoms with van der Waals surface area (Å²) in [5, 5.41) is 2.85. The molecule has 1 aliphatic heterocycles. The van der Waals surface area contributed by atoms with Crippen molar-refractivity contribution in [2.45, 2.75) is 30.5 Å². The van der Waals surface area contributed by atoms with Crippen LogP contribution >= 0.6 is 0 Å². The molecule has 1 unspecified atom stereocenters. The fourth-order valence-electron chi connectivity index (χ4n) is 7.13. The van der Waals surface area contributed by atoms with E-state index < -0.39 is 30.0 Å². The van der Waals surface area contributed by atoms with E-state index in [-0.39, 0.29) is 24.8 Å². The van der Waals surface area contributed by atoms with Crippen LogP contribution < -0.4 is 14.8 Å². The number of nitrogens with zero attached hydrogens (tertiary/aromatic N) is 4. The van der Waals surface area contributed by atoms with E-state index in [1.54, 1.807) is 73.6 Å². The number of anilines is 1. The number of aromatic nitrogens is 4. The van der Waals surface area contributed by atoms with Crippen molar-refractivity contribution in [3.05, 3.63) is 180 Å². The smallest absolute Gasteiger partial charge is 0.338 e. The Kier molecular flexibility index (Phi) is 10.7. The molecule has 0 spiro atoms. The van der Waals surface area contributed by atoms with Crippen LogP contribution in [0.2, 0.25) is 0 Å². The third-order valence-electron chi connectivity index (χ3n) is 10.0. The van der Waals surface area contributed by atoms with Gasteiger partial charge in [0.25, 0.3) is 5.91 Å². The van der Waals surface area contributed by atoms with Crippen molar-refractivity contribution in [1.29, 1.82) is 0 Å². The van der Waals surface area contributed by atoms with Crippen molar-refractivity contribution in [1.82, 2.24) is 19.5 Å². The standard InChI is InChI=1S/C45H39N5O7/c1-53-35-22-18-33(19-23-35)45(32-16-10-5-11-17-32,34-20-24-36(54-2)25-21-34)55-27-38-37(57-44(52)31-14-8-4-9-15-31)26-39(56-38)50-29-48-40-41(46-28-47-42(40)50)49-43(51)30-12-6-3-7-13-30/h3-25,28-29,37-39H,26-27H2,1-2H3,(H,46,47,49,51)/t37?,38-,39-/m1/s1. The Morgan fingerprint density at radius 2 is 1.28 bits per heavy atom. The third-order valence-corrected chi connectivity index (χ3v) is 10.0. The van der Waals surface area contributed by atoms with Crippen LogP contribution in [0.15, 0.2) is 152 Å². The third kappa shape index (κ3) is 7.56. The Balaban J connectivity index is 1.15. The van der Waals surface area contributed by atoms with Gasteiger partial charge in [0.1, 0.15) is 41.9 Å². The van der Waals surface area contributed by atoms with Crippen molar-refractivity contribution in [2.24, 2.45) is 0 Å². The van der Waals surface area contributed by atoms with Crippen LogP contribution in [0.25, 0.3) is 11.2 Å². The number of imidazole rings is 1. The topological polar surface area (TPSA) is 136 Å². The van der Waals surface area contributed by atoms with Gasteiger partial charge in [-0.05, 0) is 65.2 Å². The molecule has 5 aromatic carbocycles. The lowest BCUT2D eigenvalue weighted by molar-refractivity contribution is -0.0955. The summed E-state index contributed by atoms with van der Waals surface area (Å²) in [7, 11) is 3.25. The maximum Gasteiger partial charge on any atom is 0.338 e. The van der Waals surface area contributed by atoms with Gasteiger partial charge in [-0.15, -0.1) is 0 Å². The summed E-state index contributed by atoms with van der Waals surface area (Å²) in [6.07, 6.45) is 1.07. The second-order valence-corrected chi connectivity index (χ2v) is 13.4. The highest BCUT2D eigenvalue weighted by atomic mass is 16.6. The number of carbonyl (C=O) groups is 2. The molecule has 7 aromatic rings. The quantitative estimate of drug-likeness (QED) is 0.0924. The zero-order chi connectivity index (χ0) is 39.2. The summed E-state index contributed by atoms with van der Waals surface area (Å²) in [4.78, 5) is 40.0. The fourth-order valence-corrected chi connectivity index (χ4v) is 7.13. The Bertz CT molecular complexity index is 2400. The van der Waals surface area contributed by atoms with Gasteiger partial charge in [0, 0.05) is 12.0 Å². The highest BCUT2D eigenvalue weighted by molar-refractivity contribution is 6.06. The Hall–Kier alpha value is -6.89. The van der Waals surface area contributed by atoms with Gasteiger partial charge in [-0.3, -0.25) is 9.36 Å². The first-order valence-corrected chi connectivity index (χ1v) is 18.4. The second kappa shape index (κ2) is 16.5. The van der Waals surface area contributed by atoms with E-state index >= 15 is 0 Å². The molecule has 2 aromatic heterocycles. The van der Waals surface area contributed by atoms with Gasteiger partial charge in [0.2, 0.25) is 0 Å². The molecule has 0 bridgehead atoms. The van der Waals surface area contributed by atoms with Gasteiger partial charge in [0.15, 0.2) is 17.0 Å². The summed E-state index contributed by atoms with van der Waals surface area (Å²) in [5.41, 5.74) is 3.11. The summed E-state index contributed by atoms with van der Waals surface area (Å²) in [6.45, 7) is 0.0101. The number of hydrogen-bond donors (Lipinski definition) is 1. The number of esters is 1. The summed E-state index contributed by atoms with van der Waals surface area (Å²) in [6, 6.07) is 43.1. The average Bonchev–Trinajstić information content (AvgIpc) is 3.89. The van der Waals surface area contributed by atoms with Crippen LogP contribution in [-0.2, 0) is 19.8 Å². The maximum absolute atomic E-state index is 13.6. The van der Waals surface area contributed by atoms with Crippen molar-refractivity contribution < 1.29 is 33.3 Å². The first-order chi connectivity index (χ1) is 28.0. The van der Waals surface area contributed by atoms with Gasteiger partial charge in [-0.25, -0.2) is 19.7 Å². The highest BCUT2D eigenvalue weighted by Gasteiger charge is 2.44. The number of ether oxygens (including phenoxy) is 5. The minimum absolute atomic E-state index is 0.0101. The van der Waals surface area contributed by atoms with E-state index in [4.69, 9.17) is 23.7 Å². The summed E-state index contributed by atoms with van der Waals surface area (Å²) in [5.74, 6) is 0.833. The molecule has 1 saturated heterocycles. The van der Waals surface area contributed by atoms with Crippen LogP contribution in [0.4, 0.5) is 5.82 Å². The number of benzene rings is 5. The number of methoxy groups -OCH3 is 2. The first-order valence-electron chi connectivity index (χ1n) is 18.4. The molecular formula is C45H39N5O7. The van der Waals surface area contributed by atoms with Gasteiger partial charge >= 0.3 is 5.97 Å². The zero-order valence-electron chi connectivity index (χ0n) is 31.2. The predicted molar refractivity (Wildman–Crippen MR) is 212 cm³/mol. The van der Waals surface area contributed by atoms with Crippen LogP contribution in [0.3, 0.4) is 0 Å².